The molecule has 1 aliphatic heterocycles. The molecule has 0 unspecified atom stereocenters. The fourth-order valence-corrected chi connectivity index (χ4v) is 3.71. The highest BCUT2D eigenvalue weighted by Crippen LogP contribution is 2.35. The van der Waals surface area contributed by atoms with Gasteiger partial charge in [-0.3, -0.25) is 0 Å². The molecule has 8 nitrogen and oxygen atoms in total. The number of anilines is 1. The van der Waals surface area contributed by atoms with Gasteiger partial charge in [0.25, 0.3) is 0 Å². The van der Waals surface area contributed by atoms with Crippen LogP contribution in [0.1, 0.15) is 24.8 Å². The van der Waals surface area contributed by atoms with Gasteiger partial charge in [0.15, 0.2) is 0 Å². The van der Waals surface area contributed by atoms with E-state index in [1.807, 2.05) is 24.3 Å². The topological polar surface area (TPSA) is 89.7 Å². The zero-order chi connectivity index (χ0) is 21.1. The molecule has 2 heterocycles. The standard InChI is InChI=1S/C21H21ClN4O4/c1-28-17-8-4-3-6-14(17)19-24-20(30-25-19)16-7-5-11-26(16)21(27)23-15-12-13(22)9-10-18(15)29-2/h3-4,6,8-10,12,16H,5,7,11H2,1-2H3,(H,23,27)/t16-/m0/s1. The molecule has 30 heavy (non-hydrogen) atoms. The van der Waals surface area contributed by atoms with Crippen LogP contribution in [0.25, 0.3) is 11.4 Å². The number of rotatable bonds is 5. The SMILES string of the molecule is COc1ccc(Cl)cc1NC(=O)N1CCC[C@H]1c1nc(-c2ccccc2OC)no1. The first-order chi connectivity index (χ1) is 14.6. The third kappa shape index (κ3) is 3.91. The predicted molar refractivity (Wildman–Crippen MR) is 112 cm³/mol. The van der Waals surface area contributed by atoms with E-state index >= 15 is 0 Å². The van der Waals surface area contributed by atoms with Crippen molar-refractivity contribution in [3.63, 3.8) is 0 Å². The van der Waals surface area contributed by atoms with Crippen molar-refractivity contribution in [3.05, 3.63) is 53.4 Å². The molecule has 0 saturated carbocycles. The maximum Gasteiger partial charge on any atom is 0.322 e. The zero-order valence-corrected chi connectivity index (χ0v) is 17.3. The largest absolute Gasteiger partial charge is 0.496 e. The van der Waals surface area contributed by atoms with Crippen LogP contribution in [0.4, 0.5) is 10.5 Å². The van der Waals surface area contributed by atoms with Crippen molar-refractivity contribution >= 4 is 23.3 Å². The van der Waals surface area contributed by atoms with Crippen molar-refractivity contribution in [2.24, 2.45) is 0 Å². The molecule has 0 radical (unpaired) electrons. The van der Waals surface area contributed by atoms with Gasteiger partial charge in [-0.05, 0) is 43.2 Å². The summed E-state index contributed by atoms with van der Waals surface area (Å²) in [6.07, 6.45) is 1.56. The van der Waals surface area contributed by atoms with Crippen LogP contribution >= 0.6 is 11.6 Å². The van der Waals surface area contributed by atoms with E-state index in [-0.39, 0.29) is 12.1 Å². The van der Waals surface area contributed by atoms with Crippen molar-refractivity contribution in [2.75, 3.05) is 26.1 Å². The average Bonchev–Trinajstić information content (AvgIpc) is 3.43. The molecule has 1 N–H and O–H groups in total. The van der Waals surface area contributed by atoms with Crippen LogP contribution in [0.3, 0.4) is 0 Å². The molecule has 1 aliphatic rings. The van der Waals surface area contributed by atoms with Crippen LogP contribution in [0.2, 0.25) is 5.02 Å². The number of halogens is 1. The van der Waals surface area contributed by atoms with Gasteiger partial charge in [0, 0.05) is 11.6 Å². The van der Waals surface area contributed by atoms with Gasteiger partial charge in [0.05, 0.1) is 25.5 Å². The van der Waals surface area contributed by atoms with Crippen LogP contribution in [0.15, 0.2) is 47.0 Å². The summed E-state index contributed by atoms with van der Waals surface area (Å²) in [5.41, 5.74) is 1.23. The summed E-state index contributed by atoms with van der Waals surface area (Å²) in [6.45, 7) is 0.575. The van der Waals surface area contributed by atoms with Crippen molar-refractivity contribution in [2.45, 2.75) is 18.9 Å². The number of benzene rings is 2. The van der Waals surface area contributed by atoms with Gasteiger partial charge in [-0.15, -0.1) is 0 Å². The molecule has 4 rings (SSSR count). The molecule has 1 fully saturated rings. The van der Waals surface area contributed by atoms with E-state index in [9.17, 15) is 4.79 Å². The number of urea groups is 1. The van der Waals surface area contributed by atoms with Gasteiger partial charge in [0.2, 0.25) is 11.7 Å². The molecule has 2 amide bonds. The third-order valence-corrected chi connectivity index (χ3v) is 5.23. The minimum Gasteiger partial charge on any atom is -0.496 e. The Kier molecular flexibility index (Phi) is 5.76. The highest BCUT2D eigenvalue weighted by molar-refractivity contribution is 6.31. The fraction of sp³-hybridized carbons (Fsp3) is 0.286. The molecule has 3 aromatic rings. The summed E-state index contributed by atoms with van der Waals surface area (Å²) in [4.78, 5) is 19.2. The van der Waals surface area contributed by atoms with Crippen molar-refractivity contribution in [1.82, 2.24) is 15.0 Å². The van der Waals surface area contributed by atoms with Crippen LogP contribution in [-0.2, 0) is 0 Å². The van der Waals surface area contributed by atoms with E-state index < -0.39 is 0 Å². The Morgan fingerprint density at radius 1 is 1.20 bits per heavy atom. The average molecular weight is 429 g/mol. The van der Waals surface area contributed by atoms with E-state index in [0.29, 0.717) is 40.5 Å². The maximum atomic E-state index is 13.0. The summed E-state index contributed by atoms with van der Waals surface area (Å²) in [5, 5.41) is 7.47. The lowest BCUT2D eigenvalue weighted by Gasteiger charge is -2.23. The fourth-order valence-electron chi connectivity index (χ4n) is 3.54. The number of amides is 2. The first-order valence-electron chi connectivity index (χ1n) is 9.49. The number of hydrogen-bond acceptors (Lipinski definition) is 6. The first-order valence-corrected chi connectivity index (χ1v) is 9.86. The molecular formula is C21H21ClN4O4. The van der Waals surface area contributed by atoms with E-state index in [1.165, 1.54) is 7.11 Å². The zero-order valence-electron chi connectivity index (χ0n) is 16.6. The molecule has 1 aromatic heterocycles. The van der Waals surface area contributed by atoms with Crippen LogP contribution in [-0.4, -0.2) is 41.8 Å². The van der Waals surface area contributed by atoms with Gasteiger partial charge < -0.3 is 24.2 Å². The summed E-state index contributed by atoms with van der Waals surface area (Å²) >= 11 is 6.06. The van der Waals surface area contributed by atoms with Crippen molar-refractivity contribution < 1.29 is 18.8 Å². The number of methoxy groups -OCH3 is 2. The van der Waals surface area contributed by atoms with Gasteiger partial charge in [-0.25, -0.2) is 4.79 Å². The lowest BCUT2D eigenvalue weighted by atomic mass is 10.2. The Bertz CT molecular complexity index is 1050. The number of aromatic nitrogens is 2. The predicted octanol–water partition coefficient (Wildman–Crippen LogP) is 4.78. The number of likely N-dealkylation sites (tertiary alicyclic amines) is 1. The number of nitrogens with one attached hydrogen (secondary N) is 1. The second kappa shape index (κ2) is 8.62. The number of nitrogens with zero attached hydrogens (tertiary/aromatic N) is 3. The monoisotopic (exact) mass is 428 g/mol. The molecule has 1 atom stereocenters. The van der Waals surface area contributed by atoms with Crippen LogP contribution in [0, 0.1) is 0 Å². The van der Waals surface area contributed by atoms with E-state index in [0.717, 1.165) is 18.4 Å². The van der Waals surface area contributed by atoms with Crippen LogP contribution < -0.4 is 14.8 Å². The normalized spacial score (nSPS) is 15.8. The Hall–Kier alpha value is -3.26. The highest BCUT2D eigenvalue weighted by atomic mass is 35.5. The van der Waals surface area contributed by atoms with E-state index in [4.69, 9.17) is 25.6 Å². The number of carbonyl (C=O) groups excluding carboxylic acids is 1. The van der Waals surface area contributed by atoms with Crippen LogP contribution in [0.5, 0.6) is 11.5 Å². The number of hydrogen-bond donors (Lipinski definition) is 1. The molecule has 0 bridgehead atoms. The first kappa shape index (κ1) is 20.0. The molecule has 0 spiro atoms. The number of carbonyl (C=O) groups is 1. The van der Waals surface area contributed by atoms with Gasteiger partial charge in [-0.1, -0.05) is 28.9 Å². The molecule has 0 aliphatic carbocycles. The Morgan fingerprint density at radius 3 is 2.80 bits per heavy atom. The molecular weight excluding hydrogens is 408 g/mol. The van der Waals surface area contributed by atoms with Gasteiger partial charge in [0.1, 0.15) is 17.5 Å². The maximum absolute atomic E-state index is 13.0. The van der Waals surface area contributed by atoms with Crippen molar-refractivity contribution in [1.29, 1.82) is 0 Å². The second-order valence-electron chi connectivity index (χ2n) is 6.78. The minimum atomic E-state index is -0.314. The van der Waals surface area contributed by atoms with E-state index in [1.54, 1.807) is 30.2 Å². The van der Waals surface area contributed by atoms with Gasteiger partial charge >= 0.3 is 6.03 Å². The second-order valence-corrected chi connectivity index (χ2v) is 7.22. The summed E-state index contributed by atoms with van der Waals surface area (Å²) in [6, 6.07) is 11.9. The molecule has 2 aromatic carbocycles. The Balaban J connectivity index is 1.55. The minimum absolute atomic E-state index is 0.282. The number of para-hydroxylation sites is 1. The Labute approximate surface area is 178 Å². The summed E-state index contributed by atoms with van der Waals surface area (Å²) in [5.74, 6) is 1.99. The molecule has 9 heteroatoms. The highest BCUT2D eigenvalue weighted by Gasteiger charge is 2.34. The van der Waals surface area contributed by atoms with E-state index in [2.05, 4.69) is 15.5 Å². The molecule has 1 saturated heterocycles. The summed E-state index contributed by atoms with van der Waals surface area (Å²) < 4.78 is 16.2. The quantitative estimate of drug-likeness (QED) is 0.629. The third-order valence-electron chi connectivity index (χ3n) is 4.99. The lowest BCUT2D eigenvalue weighted by molar-refractivity contribution is 0.193. The van der Waals surface area contributed by atoms with Crippen molar-refractivity contribution in [3.8, 4) is 22.9 Å². The number of ether oxygens (including phenoxy) is 2. The Morgan fingerprint density at radius 2 is 2.00 bits per heavy atom. The molecule has 156 valence electrons. The lowest BCUT2D eigenvalue weighted by Crippen LogP contribution is -2.34. The smallest absolute Gasteiger partial charge is 0.322 e. The summed E-state index contributed by atoms with van der Waals surface area (Å²) in [7, 11) is 3.13. The van der Waals surface area contributed by atoms with Gasteiger partial charge in [-0.2, -0.15) is 4.98 Å².